The van der Waals surface area contributed by atoms with Gasteiger partial charge in [-0.2, -0.15) is 0 Å². The number of nitrogens with one attached hydrogen (secondary N) is 3. The maximum atomic E-state index is 12.5. The van der Waals surface area contributed by atoms with Crippen LogP contribution in [0.2, 0.25) is 0 Å². The quantitative estimate of drug-likeness (QED) is 0.301. The summed E-state index contributed by atoms with van der Waals surface area (Å²) in [6.07, 6.45) is 4.19. The van der Waals surface area contributed by atoms with Crippen molar-refractivity contribution in [2.75, 3.05) is 44.6 Å². The fourth-order valence-corrected chi connectivity index (χ4v) is 3.77. The number of hydrogen-bond acceptors (Lipinski definition) is 6. The summed E-state index contributed by atoms with van der Waals surface area (Å²) in [5.41, 5.74) is 2.27. The number of ketones is 1. The summed E-state index contributed by atoms with van der Waals surface area (Å²) < 4.78 is 0. The minimum atomic E-state index is -0.104. The van der Waals surface area contributed by atoms with Crippen LogP contribution in [0, 0.1) is 0 Å². The van der Waals surface area contributed by atoms with E-state index in [0.29, 0.717) is 37.3 Å². The first-order valence-electron chi connectivity index (χ1n) is 11.4. The lowest BCUT2D eigenvalue weighted by molar-refractivity contribution is -0.116. The number of amides is 1. The Bertz CT molecular complexity index is 864. The zero-order valence-electron chi connectivity index (χ0n) is 18.6. The van der Waals surface area contributed by atoms with Crippen molar-refractivity contribution in [3.05, 3.63) is 59.7 Å². The predicted molar refractivity (Wildman–Crippen MR) is 127 cm³/mol. The number of aromatic hydroxyl groups is 1. The van der Waals surface area contributed by atoms with Gasteiger partial charge in [-0.3, -0.25) is 9.59 Å². The van der Waals surface area contributed by atoms with Gasteiger partial charge in [0, 0.05) is 43.9 Å². The molecule has 0 aliphatic carbocycles. The minimum Gasteiger partial charge on any atom is -0.508 e. The number of carbonyl (C=O) groups is 2. The van der Waals surface area contributed by atoms with Crippen molar-refractivity contribution in [1.82, 2.24) is 15.5 Å². The van der Waals surface area contributed by atoms with Crippen molar-refractivity contribution in [3.63, 3.8) is 0 Å². The highest BCUT2D eigenvalue weighted by Gasteiger charge is 2.11. The molecule has 3 rings (SSSR count). The van der Waals surface area contributed by atoms with Crippen molar-refractivity contribution in [2.45, 2.75) is 32.2 Å². The van der Waals surface area contributed by atoms with E-state index in [4.69, 9.17) is 0 Å². The Morgan fingerprint density at radius 1 is 0.938 bits per heavy atom. The van der Waals surface area contributed by atoms with Crippen molar-refractivity contribution in [2.24, 2.45) is 0 Å². The van der Waals surface area contributed by atoms with Crippen LogP contribution in [0.3, 0.4) is 0 Å². The minimum absolute atomic E-state index is 0.0234. The van der Waals surface area contributed by atoms with E-state index in [-0.39, 0.29) is 17.4 Å². The molecule has 1 heterocycles. The molecule has 0 bridgehead atoms. The second-order valence-electron chi connectivity index (χ2n) is 8.22. The molecular weight excluding hydrogens is 404 g/mol. The summed E-state index contributed by atoms with van der Waals surface area (Å²) in [5, 5.41) is 18.6. The standard InChI is InChI=1S/C25H34N4O3/c30-23-9-7-20(8-10-23)18-26-12-11-25(32)28-22-6-4-5-21(17-22)24(31)19-27-13-16-29-14-2-1-3-15-29/h4-10,17,26-27,30H,1-3,11-16,18-19H2,(H,28,32). The summed E-state index contributed by atoms with van der Waals surface area (Å²) in [6.45, 7) is 5.55. The molecule has 0 spiro atoms. The highest BCUT2D eigenvalue weighted by Crippen LogP contribution is 2.12. The molecule has 2 aromatic rings. The third-order valence-electron chi connectivity index (χ3n) is 5.60. The van der Waals surface area contributed by atoms with E-state index in [9.17, 15) is 14.7 Å². The van der Waals surface area contributed by atoms with E-state index in [1.54, 1.807) is 36.4 Å². The molecule has 2 aromatic carbocycles. The van der Waals surface area contributed by atoms with Gasteiger partial charge in [0.25, 0.3) is 0 Å². The number of nitrogens with zero attached hydrogens (tertiary/aromatic N) is 1. The number of hydrogen-bond donors (Lipinski definition) is 4. The number of anilines is 1. The Labute approximate surface area is 190 Å². The van der Waals surface area contributed by atoms with Crippen LogP contribution in [-0.2, 0) is 11.3 Å². The number of benzene rings is 2. The molecular formula is C25H34N4O3. The number of likely N-dealkylation sites (tertiary alicyclic amines) is 1. The van der Waals surface area contributed by atoms with Crippen LogP contribution in [-0.4, -0.2) is 61.0 Å². The molecule has 1 aliphatic heterocycles. The molecule has 1 saturated heterocycles. The summed E-state index contributed by atoms with van der Waals surface area (Å²) in [4.78, 5) is 27.2. The van der Waals surface area contributed by atoms with Crippen LogP contribution in [0.25, 0.3) is 0 Å². The third-order valence-corrected chi connectivity index (χ3v) is 5.60. The number of Topliss-reactive ketones (excluding diaryl/α,β-unsaturated/α-hetero) is 1. The second-order valence-corrected chi connectivity index (χ2v) is 8.22. The lowest BCUT2D eigenvalue weighted by Crippen LogP contribution is -2.37. The molecule has 32 heavy (non-hydrogen) atoms. The Balaban J connectivity index is 1.34. The van der Waals surface area contributed by atoms with Gasteiger partial charge in [0.05, 0.1) is 6.54 Å². The lowest BCUT2D eigenvalue weighted by atomic mass is 10.1. The molecule has 0 saturated carbocycles. The molecule has 1 amide bonds. The number of rotatable bonds is 12. The van der Waals surface area contributed by atoms with Gasteiger partial charge in [-0.25, -0.2) is 0 Å². The largest absolute Gasteiger partial charge is 0.508 e. The Hall–Kier alpha value is -2.74. The van der Waals surface area contributed by atoms with Gasteiger partial charge in [-0.1, -0.05) is 30.7 Å². The van der Waals surface area contributed by atoms with Crippen LogP contribution in [0.5, 0.6) is 5.75 Å². The van der Waals surface area contributed by atoms with Gasteiger partial charge in [0.2, 0.25) is 5.91 Å². The summed E-state index contributed by atoms with van der Waals surface area (Å²) >= 11 is 0. The monoisotopic (exact) mass is 438 g/mol. The molecule has 4 N–H and O–H groups in total. The Kier molecular flexibility index (Phi) is 9.68. The van der Waals surface area contributed by atoms with Crippen LogP contribution in [0.15, 0.2) is 48.5 Å². The van der Waals surface area contributed by atoms with Gasteiger partial charge in [0.1, 0.15) is 5.75 Å². The van der Waals surface area contributed by atoms with Crippen molar-refractivity contribution in [1.29, 1.82) is 0 Å². The topological polar surface area (TPSA) is 93.7 Å². The van der Waals surface area contributed by atoms with E-state index in [2.05, 4.69) is 20.9 Å². The fourth-order valence-electron chi connectivity index (χ4n) is 3.77. The normalized spacial score (nSPS) is 14.2. The molecule has 7 heteroatoms. The first kappa shape index (κ1) is 23.9. The zero-order valence-corrected chi connectivity index (χ0v) is 18.6. The van der Waals surface area contributed by atoms with Crippen molar-refractivity contribution >= 4 is 17.4 Å². The van der Waals surface area contributed by atoms with E-state index in [0.717, 1.165) is 31.7 Å². The fraction of sp³-hybridized carbons (Fsp3) is 0.440. The average Bonchev–Trinajstić information content (AvgIpc) is 2.81. The molecule has 0 unspecified atom stereocenters. The highest BCUT2D eigenvalue weighted by atomic mass is 16.3. The van der Waals surface area contributed by atoms with Gasteiger partial charge in [-0.15, -0.1) is 0 Å². The van der Waals surface area contributed by atoms with Gasteiger partial charge >= 0.3 is 0 Å². The van der Waals surface area contributed by atoms with Crippen LogP contribution in [0.4, 0.5) is 5.69 Å². The molecule has 0 atom stereocenters. The van der Waals surface area contributed by atoms with Crippen molar-refractivity contribution in [3.8, 4) is 5.75 Å². The molecule has 7 nitrogen and oxygen atoms in total. The predicted octanol–water partition coefficient (Wildman–Crippen LogP) is 2.77. The number of piperidine rings is 1. The Morgan fingerprint density at radius 2 is 1.72 bits per heavy atom. The van der Waals surface area contributed by atoms with E-state index in [1.807, 2.05) is 12.1 Å². The maximum Gasteiger partial charge on any atom is 0.225 e. The smallest absolute Gasteiger partial charge is 0.225 e. The second kappa shape index (κ2) is 13.0. The Morgan fingerprint density at radius 3 is 2.50 bits per heavy atom. The molecule has 0 radical (unpaired) electrons. The highest BCUT2D eigenvalue weighted by molar-refractivity contribution is 5.99. The third kappa shape index (κ3) is 8.42. The summed E-state index contributed by atoms with van der Waals surface area (Å²) in [6, 6.07) is 14.1. The van der Waals surface area contributed by atoms with Crippen LogP contribution < -0.4 is 16.0 Å². The van der Waals surface area contributed by atoms with E-state index < -0.39 is 0 Å². The van der Waals surface area contributed by atoms with Crippen molar-refractivity contribution < 1.29 is 14.7 Å². The van der Waals surface area contributed by atoms with Crippen LogP contribution in [0.1, 0.15) is 41.6 Å². The average molecular weight is 439 g/mol. The summed E-state index contributed by atoms with van der Waals surface area (Å²) in [7, 11) is 0. The summed E-state index contributed by atoms with van der Waals surface area (Å²) in [5.74, 6) is 0.157. The van der Waals surface area contributed by atoms with Crippen LogP contribution >= 0.6 is 0 Å². The number of carbonyl (C=O) groups excluding carboxylic acids is 2. The first-order valence-corrected chi connectivity index (χ1v) is 11.4. The molecule has 172 valence electrons. The van der Waals surface area contributed by atoms with E-state index >= 15 is 0 Å². The number of phenolic OH excluding ortho intramolecular Hbond substituents is 1. The molecule has 1 aliphatic rings. The van der Waals surface area contributed by atoms with Gasteiger partial charge < -0.3 is 26.0 Å². The molecule has 0 aromatic heterocycles. The lowest BCUT2D eigenvalue weighted by Gasteiger charge is -2.26. The first-order chi connectivity index (χ1) is 15.6. The SMILES string of the molecule is O=C(CCNCc1ccc(O)cc1)Nc1cccc(C(=O)CNCCN2CCCCC2)c1. The zero-order chi connectivity index (χ0) is 22.6. The molecule has 1 fully saturated rings. The number of phenols is 1. The maximum absolute atomic E-state index is 12.5. The van der Waals surface area contributed by atoms with Gasteiger partial charge in [0.15, 0.2) is 5.78 Å². The van der Waals surface area contributed by atoms with E-state index in [1.165, 1.54) is 19.3 Å². The van der Waals surface area contributed by atoms with Gasteiger partial charge in [-0.05, 0) is 55.8 Å².